The molecule has 3 heterocycles. The van der Waals surface area contributed by atoms with Gasteiger partial charge in [-0.3, -0.25) is 4.79 Å². The third kappa shape index (κ3) is 5.02. The van der Waals surface area contributed by atoms with Crippen molar-refractivity contribution in [1.29, 1.82) is 0 Å². The van der Waals surface area contributed by atoms with Gasteiger partial charge in [-0.2, -0.15) is 0 Å². The van der Waals surface area contributed by atoms with Crippen molar-refractivity contribution in [3.05, 3.63) is 24.0 Å². The molecule has 1 aliphatic carbocycles. The van der Waals surface area contributed by atoms with Crippen molar-refractivity contribution in [3.8, 4) is 0 Å². The molecule has 3 atom stereocenters. The highest BCUT2D eigenvalue weighted by molar-refractivity contribution is 5.92. The Morgan fingerprint density at radius 1 is 1.00 bits per heavy atom. The molecule has 3 unspecified atom stereocenters. The Morgan fingerprint density at radius 3 is 2.44 bits per heavy atom. The Hall–Kier alpha value is -2.35. The highest BCUT2D eigenvalue weighted by Crippen LogP contribution is 2.37. The summed E-state index contributed by atoms with van der Waals surface area (Å²) >= 11 is 0. The van der Waals surface area contributed by atoms with Gasteiger partial charge in [-0.25, -0.2) is 9.18 Å². The molecule has 3 aliphatic heterocycles. The highest BCUT2D eigenvalue weighted by atomic mass is 19.1. The summed E-state index contributed by atoms with van der Waals surface area (Å²) in [6, 6.07) is 4.99. The van der Waals surface area contributed by atoms with Gasteiger partial charge in [0.1, 0.15) is 11.9 Å². The molecule has 2 bridgehead atoms. The van der Waals surface area contributed by atoms with Crippen molar-refractivity contribution in [3.63, 3.8) is 0 Å². The van der Waals surface area contributed by atoms with Crippen molar-refractivity contribution >= 4 is 23.4 Å². The van der Waals surface area contributed by atoms with Crippen LogP contribution in [0.3, 0.4) is 0 Å². The van der Waals surface area contributed by atoms with Gasteiger partial charge in [0, 0.05) is 30.2 Å². The Bertz CT molecular complexity index is 892. The summed E-state index contributed by atoms with van der Waals surface area (Å²) < 4.78 is 20.9. The van der Waals surface area contributed by atoms with E-state index in [0.29, 0.717) is 37.3 Å². The normalized spacial score (nSPS) is 29.7. The second-order valence-electron chi connectivity index (χ2n) is 10.5. The van der Waals surface area contributed by atoms with Crippen LogP contribution < -0.4 is 10.2 Å². The Morgan fingerprint density at radius 2 is 1.74 bits per heavy atom. The third-order valence-electron chi connectivity index (χ3n) is 8.10. The number of nitrogens with one attached hydrogen (secondary N) is 1. The molecule has 2 amide bonds. The molecule has 0 aromatic heterocycles. The molecule has 2 N–H and O–H groups in total. The topological polar surface area (TPSA) is 82.1 Å². The molecule has 186 valence electrons. The Kier molecular flexibility index (Phi) is 6.95. The van der Waals surface area contributed by atoms with Crippen LogP contribution >= 0.6 is 0 Å². The fraction of sp³-hybridized carbons (Fsp3) is 0.692. The van der Waals surface area contributed by atoms with E-state index < -0.39 is 0 Å². The lowest BCUT2D eigenvalue weighted by Crippen LogP contribution is -2.50. The number of ether oxygens (including phenoxy) is 1. The second kappa shape index (κ2) is 10.1. The maximum Gasteiger partial charge on any atom is 0.410 e. The lowest BCUT2D eigenvalue weighted by Gasteiger charge is -2.39. The van der Waals surface area contributed by atoms with E-state index in [4.69, 9.17) is 4.74 Å². The lowest BCUT2D eigenvalue weighted by molar-refractivity contribution is -0.120. The average molecular weight is 474 g/mol. The van der Waals surface area contributed by atoms with E-state index in [1.165, 1.54) is 12.5 Å². The quantitative estimate of drug-likeness (QED) is 0.676. The molecule has 0 spiro atoms. The molecule has 1 saturated carbocycles. The van der Waals surface area contributed by atoms with E-state index in [9.17, 15) is 14.7 Å². The number of piperidine rings is 2. The van der Waals surface area contributed by atoms with Gasteiger partial charge in [-0.05, 0) is 69.6 Å². The number of fused-ring (bicyclic) bond motifs is 2. The molecule has 3 saturated heterocycles. The first-order valence-corrected chi connectivity index (χ1v) is 13.0. The Labute approximate surface area is 200 Å². The van der Waals surface area contributed by atoms with Crippen LogP contribution in [0.2, 0.25) is 0 Å². The number of nitrogens with zero attached hydrogens (tertiary/aromatic N) is 2. The molecule has 7 nitrogen and oxygen atoms in total. The fourth-order valence-electron chi connectivity index (χ4n) is 6.35. The molecule has 8 heteroatoms. The van der Waals surface area contributed by atoms with Crippen LogP contribution in [-0.2, 0) is 9.53 Å². The smallest absolute Gasteiger partial charge is 0.410 e. The molecule has 34 heavy (non-hydrogen) atoms. The number of aliphatic hydroxyl groups is 1. The maximum atomic E-state index is 15.0. The van der Waals surface area contributed by atoms with Gasteiger partial charge < -0.3 is 25.0 Å². The first-order valence-electron chi connectivity index (χ1n) is 13.0. The van der Waals surface area contributed by atoms with Gasteiger partial charge in [0.05, 0.1) is 18.3 Å². The van der Waals surface area contributed by atoms with Gasteiger partial charge in [-0.15, -0.1) is 0 Å². The van der Waals surface area contributed by atoms with E-state index in [2.05, 4.69) is 5.32 Å². The minimum absolute atomic E-state index is 0.0176. The molecule has 5 rings (SSSR count). The van der Waals surface area contributed by atoms with E-state index in [-0.39, 0.29) is 48.0 Å². The summed E-state index contributed by atoms with van der Waals surface area (Å²) in [6.07, 6.45) is 8.87. The van der Waals surface area contributed by atoms with Crippen molar-refractivity contribution in [1.82, 2.24) is 4.90 Å². The third-order valence-corrected chi connectivity index (χ3v) is 8.10. The molecule has 4 aliphatic rings. The summed E-state index contributed by atoms with van der Waals surface area (Å²) in [5.41, 5.74) is 0.956. The minimum atomic E-state index is -0.378. The van der Waals surface area contributed by atoms with Crippen molar-refractivity contribution in [2.24, 2.45) is 5.92 Å². The molecule has 4 fully saturated rings. The summed E-state index contributed by atoms with van der Waals surface area (Å²) in [5.74, 6) is -0.375. The van der Waals surface area contributed by atoms with Crippen LogP contribution in [0.5, 0.6) is 0 Å². The number of aliphatic hydroxyl groups excluding tert-OH is 1. The maximum absolute atomic E-state index is 15.0. The van der Waals surface area contributed by atoms with E-state index in [0.717, 1.165) is 51.4 Å². The van der Waals surface area contributed by atoms with Crippen LogP contribution in [0, 0.1) is 11.7 Å². The number of carbonyl (C=O) groups is 2. The number of anilines is 2. The monoisotopic (exact) mass is 473 g/mol. The molecular weight excluding hydrogens is 437 g/mol. The number of rotatable bonds is 4. The minimum Gasteiger partial charge on any atom is -0.444 e. The van der Waals surface area contributed by atoms with Crippen LogP contribution in [0.1, 0.15) is 70.6 Å². The zero-order chi connectivity index (χ0) is 23.7. The SMILES string of the molecule is O=C(Nc1ccc(N2CCCC(OC(=O)N3C4CCC3CC(O)C4)C2)c(F)c1)C1CCCCC1. The molecule has 1 aromatic rings. The van der Waals surface area contributed by atoms with Crippen LogP contribution in [0.15, 0.2) is 18.2 Å². The van der Waals surface area contributed by atoms with Crippen molar-refractivity contribution in [2.75, 3.05) is 23.3 Å². The predicted octanol–water partition coefficient (Wildman–Crippen LogP) is 4.44. The standard InChI is InChI=1S/C26H36FN3O4/c27-23-13-18(28-25(32)17-5-2-1-3-6-17)8-11-24(23)29-12-4-7-22(16-29)34-26(33)30-19-9-10-20(30)15-21(31)14-19/h8,11,13,17,19-22,31H,1-7,9-10,12,14-16H2,(H,28,32). The number of halogens is 1. The van der Waals surface area contributed by atoms with Gasteiger partial charge in [-0.1, -0.05) is 19.3 Å². The first-order chi connectivity index (χ1) is 16.5. The fourth-order valence-corrected chi connectivity index (χ4v) is 6.35. The van der Waals surface area contributed by atoms with Gasteiger partial charge in [0.2, 0.25) is 5.91 Å². The van der Waals surface area contributed by atoms with Gasteiger partial charge >= 0.3 is 6.09 Å². The first kappa shape index (κ1) is 23.4. The van der Waals surface area contributed by atoms with Gasteiger partial charge in [0.25, 0.3) is 0 Å². The van der Waals surface area contributed by atoms with E-state index in [1.807, 2.05) is 9.80 Å². The van der Waals surface area contributed by atoms with Gasteiger partial charge in [0.15, 0.2) is 0 Å². The number of carbonyl (C=O) groups excluding carboxylic acids is 2. The summed E-state index contributed by atoms with van der Waals surface area (Å²) in [7, 11) is 0. The molecule has 1 aromatic carbocycles. The highest BCUT2D eigenvalue weighted by Gasteiger charge is 2.44. The van der Waals surface area contributed by atoms with E-state index in [1.54, 1.807) is 12.1 Å². The predicted molar refractivity (Wildman–Crippen MR) is 127 cm³/mol. The van der Waals surface area contributed by atoms with E-state index >= 15 is 4.39 Å². The summed E-state index contributed by atoms with van der Waals surface area (Å²) in [5, 5.41) is 12.9. The largest absolute Gasteiger partial charge is 0.444 e. The Balaban J connectivity index is 1.18. The van der Waals surface area contributed by atoms with Crippen LogP contribution in [-0.4, -0.2) is 59.4 Å². The number of amides is 2. The average Bonchev–Trinajstić information content (AvgIpc) is 3.11. The van der Waals surface area contributed by atoms with Crippen LogP contribution in [0.4, 0.5) is 20.6 Å². The number of hydrogen-bond donors (Lipinski definition) is 2. The number of benzene rings is 1. The lowest BCUT2D eigenvalue weighted by atomic mass is 9.88. The van der Waals surface area contributed by atoms with Crippen LogP contribution in [0.25, 0.3) is 0 Å². The molecule has 0 radical (unpaired) electrons. The number of hydrogen-bond acceptors (Lipinski definition) is 5. The van der Waals surface area contributed by atoms with Crippen molar-refractivity contribution < 1.29 is 23.8 Å². The zero-order valence-electron chi connectivity index (χ0n) is 19.8. The molecular formula is C26H36FN3O4. The second-order valence-corrected chi connectivity index (χ2v) is 10.5. The summed E-state index contributed by atoms with van der Waals surface area (Å²) in [4.78, 5) is 29.2. The summed E-state index contributed by atoms with van der Waals surface area (Å²) in [6.45, 7) is 1.14. The van der Waals surface area contributed by atoms with Crippen molar-refractivity contribution in [2.45, 2.75) is 94.9 Å². The zero-order valence-corrected chi connectivity index (χ0v) is 19.8.